The van der Waals surface area contributed by atoms with Crippen LogP contribution in [-0.4, -0.2) is 45.8 Å². The zero-order valence-corrected chi connectivity index (χ0v) is 9.52. The number of rotatable bonds is 5. The molecule has 0 aliphatic heterocycles. The molecule has 15 heavy (non-hydrogen) atoms. The summed E-state index contributed by atoms with van der Waals surface area (Å²) in [6.07, 6.45) is 3.99. The molecule has 0 radical (unpaired) electrons. The van der Waals surface area contributed by atoms with E-state index in [1.165, 1.54) is 12.8 Å². The molecule has 0 aromatic heterocycles. The summed E-state index contributed by atoms with van der Waals surface area (Å²) in [5.74, 6) is -0.811. The first kappa shape index (κ1) is 12.5. The van der Waals surface area contributed by atoms with Crippen molar-refractivity contribution in [3.05, 3.63) is 0 Å². The van der Waals surface area contributed by atoms with Crippen molar-refractivity contribution < 1.29 is 15.0 Å². The van der Waals surface area contributed by atoms with Crippen LogP contribution < -0.4 is 0 Å². The van der Waals surface area contributed by atoms with E-state index in [0.29, 0.717) is 6.04 Å². The summed E-state index contributed by atoms with van der Waals surface area (Å²) < 4.78 is 0. The molecule has 1 fully saturated rings. The van der Waals surface area contributed by atoms with Crippen molar-refractivity contribution in [2.75, 3.05) is 6.54 Å². The third-order valence-electron chi connectivity index (χ3n) is 3.33. The van der Waals surface area contributed by atoms with Gasteiger partial charge in [-0.3, -0.25) is 9.69 Å². The summed E-state index contributed by atoms with van der Waals surface area (Å²) in [6.45, 7) is 3.65. The number of aliphatic hydroxyl groups is 1. The summed E-state index contributed by atoms with van der Waals surface area (Å²) in [5, 5.41) is 18.4. The van der Waals surface area contributed by atoms with E-state index in [2.05, 4.69) is 0 Å². The predicted octanol–water partition coefficient (Wildman–Crippen LogP) is 1.08. The van der Waals surface area contributed by atoms with Crippen LogP contribution in [0.2, 0.25) is 0 Å². The number of hydrogen-bond acceptors (Lipinski definition) is 3. The van der Waals surface area contributed by atoms with E-state index in [1.54, 1.807) is 6.92 Å². The summed E-state index contributed by atoms with van der Waals surface area (Å²) in [4.78, 5) is 12.7. The zero-order valence-electron chi connectivity index (χ0n) is 9.52. The molecule has 2 atom stereocenters. The van der Waals surface area contributed by atoms with Gasteiger partial charge in [-0.1, -0.05) is 12.8 Å². The maximum atomic E-state index is 10.8. The number of aliphatic carboxylic acids is 1. The zero-order chi connectivity index (χ0) is 11.4. The monoisotopic (exact) mass is 215 g/mol. The number of nitrogens with zero attached hydrogens (tertiary/aromatic N) is 1. The highest BCUT2D eigenvalue weighted by molar-refractivity contribution is 5.69. The van der Waals surface area contributed by atoms with Crippen LogP contribution in [0.1, 0.15) is 39.5 Å². The second kappa shape index (κ2) is 5.47. The predicted molar refractivity (Wildman–Crippen MR) is 57.7 cm³/mol. The average Bonchev–Trinajstić information content (AvgIpc) is 2.65. The maximum absolute atomic E-state index is 10.8. The van der Waals surface area contributed by atoms with Crippen LogP contribution in [0.5, 0.6) is 0 Å². The van der Waals surface area contributed by atoms with Crippen LogP contribution in [0.15, 0.2) is 0 Å². The molecule has 1 saturated carbocycles. The summed E-state index contributed by atoms with van der Waals surface area (Å²) in [6, 6.07) is 0.259. The number of aliphatic hydroxyl groups excluding tert-OH is 1. The van der Waals surface area contributed by atoms with Crippen LogP contribution in [0.25, 0.3) is 0 Å². The average molecular weight is 215 g/mol. The molecule has 2 N–H and O–H groups in total. The lowest BCUT2D eigenvalue weighted by Gasteiger charge is -2.34. The molecule has 0 aromatic rings. The molecule has 88 valence electrons. The van der Waals surface area contributed by atoms with Gasteiger partial charge in [-0.2, -0.15) is 0 Å². The van der Waals surface area contributed by atoms with Gasteiger partial charge in [-0.15, -0.1) is 0 Å². The first-order valence-corrected chi connectivity index (χ1v) is 5.68. The van der Waals surface area contributed by atoms with Crippen molar-refractivity contribution >= 4 is 5.97 Å². The Morgan fingerprint density at radius 1 is 1.40 bits per heavy atom. The van der Waals surface area contributed by atoms with Crippen molar-refractivity contribution in [3.8, 4) is 0 Å². The topological polar surface area (TPSA) is 60.8 Å². The van der Waals surface area contributed by atoms with Crippen molar-refractivity contribution in [2.45, 2.75) is 57.7 Å². The second-order valence-electron chi connectivity index (χ2n) is 4.49. The Morgan fingerprint density at radius 3 is 2.33 bits per heavy atom. The molecule has 4 heteroatoms. The summed E-state index contributed by atoms with van der Waals surface area (Å²) in [5.41, 5.74) is 0. The highest BCUT2D eigenvalue weighted by atomic mass is 16.4. The fourth-order valence-corrected chi connectivity index (χ4v) is 2.27. The Bertz CT molecular complexity index is 210. The van der Waals surface area contributed by atoms with Gasteiger partial charge in [0.25, 0.3) is 0 Å². The molecule has 4 nitrogen and oxygen atoms in total. The van der Waals surface area contributed by atoms with Crippen molar-refractivity contribution in [1.29, 1.82) is 0 Å². The van der Waals surface area contributed by atoms with Crippen LogP contribution in [0, 0.1) is 0 Å². The number of hydrogen-bond donors (Lipinski definition) is 2. The van der Waals surface area contributed by atoms with Crippen molar-refractivity contribution in [3.63, 3.8) is 0 Å². The van der Waals surface area contributed by atoms with E-state index < -0.39 is 12.1 Å². The van der Waals surface area contributed by atoms with Gasteiger partial charge in [0.2, 0.25) is 0 Å². The first-order valence-electron chi connectivity index (χ1n) is 5.68. The lowest BCUT2D eigenvalue weighted by molar-refractivity contribution is -0.140. The third-order valence-corrected chi connectivity index (χ3v) is 3.33. The molecule has 1 aliphatic carbocycles. The van der Waals surface area contributed by atoms with E-state index in [1.807, 2.05) is 11.8 Å². The fraction of sp³-hybridized carbons (Fsp3) is 0.909. The van der Waals surface area contributed by atoms with Gasteiger partial charge in [0.15, 0.2) is 0 Å². The Morgan fingerprint density at radius 2 is 1.93 bits per heavy atom. The van der Waals surface area contributed by atoms with Gasteiger partial charge < -0.3 is 10.2 Å². The van der Waals surface area contributed by atoms with E-state index >= 15 is 0 Å². The molecule has 0 heterocycles. The van der Waals surface area contributed by atoms with Gasteiger partial charge in [0.1, 0.15) is 0 Å². The normalized spacial score (nSPS) is 21.9. The Labute approximate surface area is 90.9 Å². The van der Waals surface area contributed by atoms with Crippen molar-refractivity contribution in [1.82, 2.24) is 4.90 Å². The first-order chi connectivity index (χ1) is 7.02. The molecular weight excluding hydrogens is 194 g/mol. The van der Waals surface area contributed by atoms with Gasteiger partial charge >= 0.3 is 5.97 Å². The van der Waals surface area contributed by atoms with Crippen LogP contribution in [0.4, 0.5) is 0 Å². The Balaban J connectivity index is 2.62. The quantitative estimate of drug-likeness (QED) is 0.720. The van der Waals surface area contributed by atoms with E-state index in [4.69, 9.17) is 5.11 Å². The minimum atomic E-state index is -0.811. The fourth-order valence-electron chi connectivity index (χ4n) is 2.27. The van der Waals surface area contributed by atoms with Crippen LogP contribution in [0.3, 0.4) is 0 Å². The minimum absolute atomic E-state index is 0.0384. The molecular formula is C11H21NO3. The standard InChI is InChI=1S/C11H21NO3/c1-8(9(2)13)12(7-11(14)15)10-5-3-4-6-10/h8-10,13H,3-7H2,1-2H3,(H,14,15). The van der Waals surface area contributed by atoms with E-state index in [-0.39, 0.29) is 12.6 Å². The molecule has 1 rings (SSSR count). The molecule has 0 saturated heterocycles. The largest absolute Gasteiger partial charge is 0.480 e. The maximum Gasteiger partial charge on any atom is 0.317 e. The van der Waals surface area contributed by atoms with Crippen LogP contribution >= 0.6 is 0 Å². The molecule has 0 spiro atoms. The number of carboxylic acid groups (broad SMARTS) is 1. The molecule has 2 unspecified atom stereocenters. The highest BCUT2D eigenvalue weighted by Crippen LogP contribution is 2.25. The lowest BCUT2D eigenvalue weighted by Crippen LogP contribution is -2.48. The van der Waals surface area contributed by atoms with Crippen LogP contribution in [-0.2, 0) is 4.79 Å². The number of carbonyl (C=O) groups is 1. The molecule has 0 aromatic carbocycles. The lowest BCUT2D eigenvalue weighted by atomic mass is 10.1. The number of carboxylic acids is 1. The minimum Gasteiger partial charge on any atom is -0.480 e. The Kier molecular flexibility index (Phi) is 4.54. The second-order valence-corrected chi connectivity index (χ2v) is 4.49. The SMILES string of the molecule is CC(O)C(C)N(CC(=O)O)C1CCCC1. The smallest absolute Gasteiger partial charge is 0.317 e. The Hall–Kier alpha value is -0.610. The van der Waals surface area contributed by atoms with Gasteiger partial charge in [0.05, 0.1) is 12.6 Å². The molecule has 0 bridgehead atoms. The van der Waals surface area contributed by atoms with Gasteiger partial charge in [0, 0.05) is 12.1 Å². The molecule has 0 amide bonds. The summed E-state index contributed by atoms with van der Waals surface area (Å²) >= 11 is 0. The third kappa shape index (κ3) is 3.47. The van der Waals surface area contributed by atoms with Crippen molar-refractivity contribution in [2.24, 2.45) is 0 Å². The molecule has 1 aliphatic rings. The summed E-state index contributed by atoms with van der Waals surface area (Å²) in [7, 11) is 0. The van der Waals surface area contributed by atoms with Gasteiger partial charge in [-0.25, -0.2) is 0 Å². The highest BCUT2D eigenvalue weighted by Gasteiger charge is 2.29. The van der Waals surface area contributed by atoms with Gasteiger partial charge in [-0.05, 0) is 26.7 Å². The van der Waals surface area contributed by atoms with E-state index in [9.17, 15) is 9.90 Å². The van der Waals surface area contributed by atoms with E-state index in [0.717, 1.165) is 12.8 Å².